The summed E-state index contributed by atoms with van der Waals surface area (Å²) in [5, 5.41) is 6.24. The largest absolute Gasteiger partial charge is 0.442 e. The molecule has 4 aromatic rings. The van der Waals surface area contributed by atoms with Gasteiger partial charge in [0.25, 0.3) is 0 Å². The summed E-state index contributed by atoms with van der Waals surface area (Å²) in [5.74, 6) is -1.86. The summed E-state index contributed by atoms with van der Waals surface area (Å²) in [7, 11) is -3.77. The van der Waals surface area contributed by atoms with Gasteiger partial charge in [0.1, 0.15) is 11.4 Å². The van der Waals surface area contributed by atoms with Gasteiger partial charge in [0.15, 0.2) is 11.5 Å². The van der Waals surface area contributed by atoms with Crippen molar-refractivity contribution in [1.29, 1.82) is 0 Å². The highest BCUT2D eigenvalue weighted by atomic mass is 32.2. The average molecular weight is 543 g/mol. The van der Waals surface area contributed by atoms with E-state index in [1.54, 1.807) is 45.9 Å². The van der Waals surface area contributed by atoms with E-state index in [0.29, 0.717) is 28.5 Å². The van der Waals surface area contributed by atoms with Crippen LogP contribution in [0.25, 0.3) is 32.9 Å². The van der Waals surface area contributed by atoms with Gasteiger partial charge >= 0.3 is 6.09 Å². The molecule has 0 atom stereocenters. The van der Waals surface area contributed by atoms with E-state index in [-0.39, 0.29) is 28.5 Å². The number of ether oxygens (including phenoxy) is 1. The molecular formula is C27H28F2N4O4S. The molecule has 0 bridgehead atoms. The lowest BCUT2D eigenvalue weighted by Gasteiger charge is -2.19. The van der Waals surface area contributed by atoms with Crippen molar-refractivity contribution in [3.63, 3.8) is 0 Å². The Hall–Kier alpha value is -3.60. The zero-order valence-corrected chi connectivity index (χ0v) is 22.3. The Labute approximate surface area is 219 Å². The number of benzene rings is 2. The second-order valence-electron chi connectivity index (χ2n) is 10.5. The molecule has 2 heterocycles. The van der Waals surface area contributed by atoms with Crippen molar-refractivity contribution in [2.75, 3.05) is 10.5 Å². The summed E-state index contributed by atoms with van der Waals surface area (Å²) in [5.41, 5.74) is -0.0640. The number of rotatable bonds is 6. The number of hydrogen-bond donors (Lipinski definition) is 1. The number of anilines is 1. The summed E-state index contributed by atoms with van der Waals surface area (Å²) in [6.07, 6.45) is 3.02. The lowest BCUT2D eigenvalue weighted by molar-refractivity contribution is 0.0521. The van der Waals surface area contributed by atoms with Crippen LogP contribution in [0.2, 0.25) is 0 Å². The number of hydrogen-bond acceptors (Lipinski definition) is 6. The van der Waals surface area contributed by atoms with Gasteiger partial charge in [0.2, 0.25) is 10.0 Å². The minimum Gasteiger partial charge on any atom is -0.442 e. The zero-order chi connectivity index (χ0) is 27.4. The standard InChI is InChI=1S/C27H28F2N4O4S/c1-5-12-38(35,36)32-21-11-10-20(28)22(23(21)29)16-8-9-17-18(13-16)24(15-6-7-15)31-25-19(17)14-30-33(25)26(34)37-27(2,3)4/h8-11,13-15,32H,5-7,12H2,1-4H3. The normalized spacial score (nSPS) is 14.3. The fourth-order valence-corrected chi connectivity index (χ4v) is 5.58. The van der Waals surface area contributed by atoms with Gasteiger partial charge in [-0.3, -0.25) is 4.72 Å². The minimum atomic E-state index is -3.77. The maximum atomic E-state index is 15.5. The van der Waals surface area contributed by atoms with Gasteiger partial charge in [-0.05, 0) is 69.2 Å². The molecule has 38 heavy (non-hydrogen) atoms. The minimum absolute atomic E-state index is 0.140. The molecule has 0 radical (unpaired) electrons. The Morgan fingerprint density at radius 2 is 1.87 bits per heavy atom. The smallest absolute Gasteiger partial charge is 0.437 e. The summed E-state index contributed by atoms with van der Waals surface area (Å²) >= 11 is 0. The third-order valence-corrected chi connectivity index (χ3v) is 7.68. The molecule has 0 unspecified atom stereocenters. The molecule has 5 rings (SSSR count). The molecule has 1 N–H and O–H groups in total. The SMILES string of the molecule is CCCS(=O)(=O)Nc1ccc(F)c(-c2ccc3c(c2)c(C2CC2)nc2c3cnn2C(=O)OC(C)(C)C)c1F. The maximum absolute atomic E-state index is 15.5. The Balaban J connectivity index is 1.65. The zero-order valence-electron chi connectivity index (χ0n) is 21.5. The Morgan fingerprint density at radius 1 is 1.13 bits per heavy atom. The monoisotopic (exact) mass is 542 g/mol. The number of pyridine rings is 1. The molecule has 0 aliphatic heterocycles. The van der Waals surface area contributed by atoms with Gasteiger partial charge in [-0.2, -0.15) is 5.10 Å². The molecule has 0 spiro atoms. The van der Waals surface area contributed by atoms with E-state index < -0.39 is 33.4 Å². The summed E-state index contributed by atoms with van der Waals surface area (Å²) < 4.78 is 63.7. The first-order valence-corrected chi connectivity index (χ1v) is 14.1. The van der Waals surface area contributed by atoms with Crippen LogP contribution in [0, 0.1) is 11.6 Å². The quantitative estimate of drug-likeness (QED) is 0.305. The topological polar surface area (TPSA) is 103 Å². The van der Waals surface area contributed by atoms with Crippen molar-refractivity contribution < 1.29 is 26.7 Å². The van der Waals surface area contributed by atoms with Crippen molar-refractivity contribution in [3.05, 3.63) is 53.9 Å². The van der Waals surface area contributed by atoms with Gasteiger partial charge in [-0.15, -0.1) is 4.68 Å². The van der Waals surface area contributed by atoms with Gasteiger partial charge in [-0.25, -0.2) is 27.0 Å². The third kappa shape index (κ3) is 4.94. The number of carbonyl (C=O) groups excluding carboxylic acids is 1. The van der Waals surface area contributed by atoms with Crippen molar-refractivity contribution in [2.45, 2.75) is 58.5 Å². The van der Waals surface area contributed by atoms with Gasteiger partial charge in [-0.1, -0.05) is 19.1 Å². The van der Waals surface area contributed by atoms with Crippen molar-refractivity contribution in [1.82, 2.24) is 14.8 Å². The molecule has 11 heteroatoms. The molecule has 0 amide bonds. The van der Waals surface area contributed by atoms with E-state index in [4.69, 9.17) is 9.72 Å². The van der Waals surface area contributed by atoms with E-state index in [1.165, 1.54) is 6.20 Å². The first kappa shape index (κ1) is 26.0. The molecule has 2 aromatic carbocycles. The highest BCUT2D eigenvalue weighted by Crippen LogP contribution is 2.44. The summed E-state index contributed by atoms with van der Waals surface area (Å²) in [6, 6.07) is 7.06. The first-order chi connectivity index (χ1) is 17.9. The average Bonchev–Trinajstić information content (AvgIpc) is 3.57. The molecule has 1 fully saturated rings. The van der Waals surface area contributed by atoms with Crippen molar-refractivity contribution in [3.8, 4) is 11.1 Å². The van der Waals surface area contributed by atoms with Crippen LogP contribution in [0.5, 0.6) is 0 Å². The molecule has 1 saturated carbocycles. The number of nitrogens with zero attached hydrogens (tertiary/aromatic N) is 3. The van der Waals surface area contributed by atoms with E-state index in [2.05, 4.69) is 9.82 Å². The van der Waals surface area contributed by atoms with Crippen LogP contribution in [0.4, 0.5) is 19.3 Å². The maximum Gasteiger partial charge on any atom is 0.437 e. The van der Waals surface area contributed by atoms with Crippen molar-refractivity contribution >= 4 is 43.6 Å². The Kier molecular flexibility index (Phi) is 6.37. The van der Waals surface area contributed by atoms with E-state index in [9.17, 15) is 17.6 Å². The van der Waals surface area contributed by atoms with Crippen molar-refractivity contribution in [2.24, 2.45) is 0 Å². The molecule has 2 aromatic heterocycles. The first-order valence-electron chi connectivity index (χ1n) is 12.4. The highest BCUT2D eigenvalue weighted by Gasteiger charge is 2.30. The van der Waals surface area contributed by atoms with Crippen LogP contribution < -0.4 is 4.72 Å². The lowest BCUT2D eigenvalue weighted by atomic mass is 9.97. The number of halogens is 2. The lowest BCUT2D eigenvalue weighted by Crippen LogP contribution is -2.27. The summed E-state index contributed by atoms with van der Waals surface area (Å²) in [6.45, 7) is 6.98. The number of carbonyl (C=O) groups is 1. The van der Waals surface area contributed by atoms with Crippen LogP contribution in [-0.4, -0.2) is 40.6 Å². The van der Waals surface area contributed by atoms with Crippen LogP contribution in [0.15, 0.2) is 36.5 Å². The number of nitrogens with one attached hydrogen (secondary N) is 1. The highest BCUT2D eigenvalue weighted by molar-refractivity contribution is 7.92. The third-order valence-electron chi connectivity index (χ3n) is 6.20. The molecule has 1 aliphatic carbocycles. The van der Waals surface area contributed by atoms with Gasteiger partial charge in [0.05, 0.1) is 28.9 Å². The predicted octanol–water partition coefficient (Wildman–Crippen LogP) is 6.34. The van der Waals surface area contributed by atoms with Crippen LogP contribution >= 0.6 is 0 Å². The Morgan fingerprint density at radius 3 is 2.53 bits per heavy atom. The fourth-order valence-electron chi connectivity index (χ4n) is 4.45. The van der Waals surface area contributed by atoms with Crippen LogP contribution in [-0.2, 0) is 14.8 Å². The number of fused-ring (bicyclic) bond motifs is 3. The Bertz CT molecular complexity index is 1690. The summed E-state index contributed by atoms with van der Waals surface area (Å²) in [4.78, 5) is 17.5. The van der Waals surface area contributed by atoms with Gasteiger partial charge < -0.3 is 4.74 Å². The fraction of sp³-hybridized carbons (Fsp3) is 0.370. The van der Waals surface area contributed by atoms with Crippen LogP contribution in [0.3, 0.4) is 0 Å². The molecule has 1 aliphatic rings. The molecule has 200 valence electrons. The second-order valence-corrected chi connectivity index (χ2v) is 12.4. The van der Waals surface area contributed by atoms with Gasteiger partial charge in [0, 0.05) is 16.7 Å². The van der Waals surface area contributed by atoms with E-state index in [1.807, 2.05) is 0 Å². The van der Waals surface area contributed by atoms with E-state index >= 15 is 4.39 Å². The number of aromatic nitrogens is 3. The van der Waals surface area contributed by atoms with Crippen LogP contribution in [0.1, 0.15) is 58.6 Å². The second kappa shape index (κ2) is 9.30. The molecular weight excluding hydrogens is 514 g/mol. The molecule has 8 nitrogen and oxygen atoms in total. The van der Waals surface area contributed by atoms with E-state index in [0.717, 1.165) is 35.0 Å². The predicted molar refractivity (Wildman–Crippen MR) is 142 cm³/mol. The molecule has 0 saturated heterocycles. The number of sulfonamides is 1.